The highest BCUT2D eigenvalue weighted by Crippen LogP contribution is 2.27. The van der Waals surface area contributed by atoms with Gasteiger partial charge in [0.05, 0.1) is 0 Å². The minimum Gasteiger partial charge on any atom is -0.508 e. The lowest BCUT2D eigenvalue weighted by atomic mass is 10.0. The minimum atomic E-state index is -0.592. The van der Waals surface area contributed by atoms with Crippen molar-refractivity contribution in [3.05, 3.63) is 69.0 Å². The van der Waals surface area contributed by atoms with E-state index in [9.17, 15) is 14.7 Å². The third-order valence-electron chi connectivity index (χ3n) is 3.95. The summed E-state index contributed by atoms with van der Waals surface area (Å²) in [6.07, 6.45) is 0.605. The van der Waals surface area contributed by atoms with E-state index in [1.807, 2.05) is 6.92 Å². The van der Waals surface area contributed by atoms with Crippen molar-refractivity contribution in [3.63, 3.8) is 0 Å². The van der Waals surface area contributed by atoms with E-state index in [2.05, 4.69) is 0 Å². The van der Waals surface area contributed by atoms with Gasteiger partial charge in [0.15, 0.2) is 6.61 Å². The molecule has 7 heteroatoms. The van der Waals surface area contributed by atoms with Gasteiger partial charge in [-0.05, 0) is 36.2 Å². The maximum Gasteiger partial charge on any atom is 0.344 e. The molecule has 140 valence electrons. The Bertz CT molecular complexity index is 1040. The molecular weight excluding hydrogens is 372 g/mol. The molecule has 0 saturated carbocycles. The van der Waals surface area contributed by atoms with Crippen LogP contribution in [0.2, 0.25) is 5.02 Å². The molecule has 0 aliphatic rings. The van der Waals surface area contributed by atoms with Crippen LogP contribution >= 0.6 is 11.6 Å². The van der Waals surface area contributed by atoms with Crippen LogP contribution in [0.5, 0.6) is 11.5 Å². The van der Waals surface area contributed by atoms with Crippen LogP contribution in [0.25, 0.3) is 11.0 Å². The Morgan fingerprint density at radius 2 is 2.00 bits per heavy atom. The highest BCUT2D eigenvalue weighted by Gasteiger charge is 2.12. The monoisotopic (exact) mass is 388 g/mol. The fourth-order valence-corrected chi connectivity index (χ4v) is 2.79. The topological polar surface area (TPSA) is 86.0 Å². The van der Waals surface area contributed by atoms with Gasteiger partial charge in [-0.1, -0.05) is 24.6 Å². The SMILES string of the molecule is CCc1cc2c(COC(=O)COc3cccc(Cl)c3)cc(=O)oc2cc1O. The predicted octanol–water partition coefficient (Wildman–Crippen LogP) is 3.84. The Labute approximate surface area is 159 Å². The van der Waals surface area contributed by atoms with E-state index in [0.29, 0.717) is 33.7 Å². The number of phenolic OH excluding ortho intramolecular Hbond substituents is 1. The molecule has 0 bridgehead atoms. The first-order valence-electron chi connectivity index (χ1n) is 8.29. The zero-order valence-corrected chi connectivity index (χ0v) is 15.3. The lowest BCUT2D eigenvalue weighted by Crippen LogP contribution is -2.15. The Morgan fingerprint density at radius 3 is 2.74 bits per heavy atom. The zero-order chi connectivity index (χ0) is 19.4. The molecule has 3 rings (SSSR count). The molecule has 27 heavy (non-hydrogen) atoms. The number of hydrogen-bond acceptors (Lipinski definition) is 6. The summed E-state index contributed by atoms with van der Waals surface area (Å²) >= 11 is 5.85. The maximum atomic E-state index is 12.0. The van der Waals surface area contributed by atoms with Crippen molar-refractivity contribution in [3.8, 4) is 11.5 Å². The first-order chi connectivity index (χ1) is 13.0. The number of aryl methyl sites for hydroxylation is 1. The fourth-order valence-electron chi connectivity index (χ4n) is 2.61. The molecule has 0 saturated heterocycles. The Hall–Kier alpha value is -2.99. The van der Waals surface area contributed by atoms with Crippen molar-refractivity contribution < 1.29 is 23.8 Å². The predicted molar refractivity (Wildman–Crippen MR) is 100 cm³/mol. The van der Waals surface area contributed by atoms with Gasteiger partial charge < -0.3 is 19.0 Å². The number of carbonyl (C=O) groups is 1. The van der Waals surface area contributed by atoms with Gasteiger partial charge in [-0.15, -0.1) is 0 Å². The van der Waals surface area contributed by atoms with Gasteiger partial charge in [-0.25, -0.2) is 9.59 Å². The highest BCUT2D eigenvalue weighted by atomic mass is 35.5. The molecule has 0 unspecified atom stereocenters. The number of benzene rings is 2. The average Bonchev–Trinajstić information content (AvgIpc) is 2.63. The largest absolute Gasteiger partial charge is 0.508 e. The lowest BCUT2D eigenvalue weighted by Gasteiger charge is -2.10. The van der Waals surface area contributed by atoms with Crippen molar-refractivity contribution in [2.24, 2.45) is 0 Å². The number of carbonyl (C=O) groups excluding carboxylic acids is 1. The van der Waals surface area contributed by atoms with E-state index >= 15 is 0 Å². The molecule has 0 radical (unpaired) electrons. The average molecular weight is 389 g/mol. The van der Waals surface area contributed by atoms with Gasteiger partial charge in [0.2, 0.25) is 0 Å². The van der Waals surface area contributed by atoms with Crippen LogP contribution in [0, 0.1) is 0 Å². The van der Waals surface area contributed by atoms with Crippen molar-refractivity contribution in [1.82, 2.24) is 0 Å². The molecule has 6 nitrogen and oxygen atoms in total. The Morgan fingerprint density at radius 1 is 1.19 bits per heavy atom. The van der Waals surface area contributed by atoms with Crippen molar-refractivity contribution >= 4 is 28.5 Å². The van der Waals surface area contributed by atoms with Gasteiger partial charge in [0.25, 0.3) is 0 Å². The minimum absolute atomic E-state index is 0.0530. The molecule has 0 amide bonds. The molecule has 0 aliphatic carbocycles. The molecule has 3 aromatic rings. The summed E-state index contributed by atoms with van der Waals surface area (Å²) in [5, 5.41) is 11.0. The smallest absolute Gasteiger partial charge is 0.344 e. The van der Waals surface area contributed by atoms with Crippen LogP contribution in [-0.2, 0) is 22.6 Å². The van der Waals surface area contributed by atoms with Crippen LogP contribution in [0.15, 0.2) is 51.7 Å². The zero-order valence-electron chi connectivity index (χ0n) is 14.5. The number of ether oxygens (including phenoxy) is 2. The van der Waals surface area contributed by atoms with Gasteiger partial charge >= 0.3 is 11.6 Å². The summed E-state index contributed by atoms with van der Waals surface area (Å²) in [4.78, 5) is 23.7. The molecule has 0 aliphatic heterocycles. The number of rotatable bonds is 6. The number of hydrogen-bond donors (Lipinski definition) is 1. The second kappa shape index (κ2) is 8.14. The van der Waals surface area contributed by atoms with Crippen molar-refractivity contribution in [2.45, 2.75) is 20.0 Å². The Kier molecular flexibility index (Phi) is 5.66. The van der Waals surface area contributed by atoms with E-state index in [0.717, 1.165) is 0 Å². The summed E-state index contributed by atoms with van der Waals surface area (Å²) in [7, 11) is 0. The van der Waals surface area contributed by atoms with Crippen molar-refractivity contribution in [1.29, 1.82) is 0 Å². The number of fused-ring (bicyclic) bond motifs is 1. The van der Waals surface area contributed by atoms with E-state index in [1.165, 1.54) is 12.1 Å². The summed E-state index contributed by atoms with van der Waals surface area (Å²) in [5.74, 6) is -0.0867. The third kappa shape index (κ3) is 4.60. The molecule has 1 heterocycles. The van der Waals surface area contributed by atoms with Gasteiger partial charge in [-0.2, -0.15) is 0 Å². The van der Waals surface area contributed by atoms with Crippen LogP contribution < -0.4 is 10.4 Å². The number of phenols is 1. The van der Waals surface area contributed by atoms with Gasteiger partial charge in [0.1, 0.15) is 23.7 Å². The number of esters is 1. The van der Waals surface area contributed by atoms with E-state index in [1.54, 1.807) is 30.3 Å². The summed E-state index contributed by atoms with van der Waals surface area (Å²) in [6, 6.07) is 11.0. The standard InChI is InChI=1S/C20H17ClO6/c1-2-12-6-16-13(7-19(23)27-18(16)9-17(12)22)10-26-20(24)11-25-15-5-3-4-14(21)8-15/h3-9,22H,2,10-11H2,1H3. The van der Waals surface area contributed by atoms with Crippen LogP contribution in [0.4, 0.5) is 0 Å². The summed E-state index contributed by atoms with van der Waals surface area (Å²) in [5.41, 5.74) is 0.839. The molecule has 1 N–H and O–H groups in total. The number of aromatic hydroxyl groups is 1. The highest BCUT2D eigenvalue weighted by molar-refractivity contribution is 6.30. The second-order valence-electron chi connectivity index (χ2n) is 5.83. The quantitative estimate of drug-likeness (QED) is 0.510. The summed E-state index contributed by atoms with van der Waals surface area (Å²) < 4.78 is 15.6. The van der Waals surface area contributed by atoms with E-state index in [4.69, 9.17) is 25.5 Å². The van der Waals surface area contributed by atoms with E-state index in [-0.39, 0.29) is 24.5 Å². The third-order valence-corrected chi connectivity index (χ3v) is 4.19. The molecule has 0 spiro atoms. The molecular formula is C20H17ClO6. The number of halogens is 1. The summed E-state index contributed by atoms with van der Waals surface area (Å²) in [6.45, 7) is 1.49. The molecule has 2 aromatic carbocycles. The normalized spacial score (nSPS) is 10.7. The molecule has 1 aromatic heterocycles. The fraction of sp³-hybridized carbons (Fsp3) is 0.200. The lowest BCUT2D eigenvalue weighted by molar-refractivity contribution is -0.147. The maximum absolute atomic E-state index is 12.0. The van der Waals surface area contributed by atoms with E-state index < -0.39 is 11.6 Å². The van der Waals surface area contributed by atoms with Crippen LogP contribution in [-0.4, -0.2) is 17.7 Å². The first-order valence-corrected chi connectivity index (χ1v) is 8.66. The van der Waals surface area contributed by atoms with Gasteiger partial charge in [0, 0.05) is 28.1 Å². The van der Waals surface area contributed by atoms with Crippen molar-refractivity contribution in [2.75, 3.05) is 6.61 Å². The Balaban J connectivity index is 1.72. The van der Waals surface area contributed by atoms with Crippen LogP contribution in [0.3, 0.4) is 0 Å². The first kappa shape index (κ1) is 18.8. The molecule has 0 fully saturated rings. The molecule has 0 atom stereocenters. The van der Waals surface area contributed by atoms with Gasteiger partial charge in [-0.3, -0.25) is 0 Å². The second-order valence-corrected chi connectivity index (χ2v) is 6.26. The van der Waals surface area contributed by atoms with Crippen LogP contribution in [0.1, 0.15) is 18.1 Å².